The highest BCUT2D eigenvalue weighted by Gasteiger charge is 2.23. The van der Waals surface area contributed by atoms with Crippen LogP contribution < -0.4 is 5.32 Å². The fraction of sp³-hybridized carbons (Fsp3) is 0.364. The number of hydrogen-bond donors (Lipinski definition) is 1. The number of nitrogens with zero attached hydrogens (tertiary/aromatic N) is 2. The smallest absolute Gasteiger partial charge is 0.253 e. The zero-order valence-electron chi connectivity index (χ0n) is 16.7. The Morgan fingerprint density at radius 3 is 2.34 bits per heavy atom. The van der Waals surface area contributed by atoms with Crippen LogP contribution in [0.25, 0.3) is 0 Å². The summed E-state index contributed by atoms with van der Waals surface area (Å²) in [6.45, 7) is 3.39. The normalized spacial score (nSPS) is 15.7. The summed E-state index contributed by atoms with van der Waals surface area (Å²) < 4.78 is 11.4. The van der Waals surface area contributed by atoms with Crippen LogP contribution >= 0.6 is 0 Å². The molecular formula is C22H27N3O3S. The average Bonchev–Trinajstić information content (AvgIpc) is 2.73. The Kier molecular flexibility index (Phi) is 7.55. The van der Waals surface area contributed by atoms with Gasteiger partial charge in [-0.2, -0.15) is 0 Å². The molecule has 2 aromatic carbocycles. The molecule has 0 aliphatic carbocycles. The highest BCUT2D eigenvalue weighted by Crippen LogP contribution is 2.12. The third-order valence-corrected chi connectivity index (χ3v) is 5.64. The number of rotatable bonds is 7. The van der Waals surface area contributed by atoms with Crippen LogP contribution in [0.15, 0.2) is 54.6 Å². The highest BCUT2D eigenvalue weighted by atomic mass is 32.2. The van der Waals surface area contributed by atoms with Crippen molar-refractivity contribution in [2.75, 3.05) is 39.0 Å². The number of piperazine rings is 1. The number of hydrogen-bond acceptors (Lipinski definition) is 4. The van der Waals surface area contributed by atoms with Gasteiger partial charge in [-0.15, -0.1) is 0 Å². The summed E-state index contributed by atoms with van der Waals surface area (Å²) in [5.74, 6) is 0.434. The van der Waals surface area contributed by atoms with Crippen molar-refractivity contribution >= 4 is 22.6 Å². The zero-order valence-corrected chi connectivity index (χ0v) is 17.5. The third-order valence-electron chi connectivity index (χ3n) is 4.90. The van der Waals surface area contributed by atoms with E-state index in [1.807, 2.05) is 53.4 Å². The van der Waals surface area contributed by atoms with Gasteiger partial charge in [-0.1, -0.05) is 42.5 Å². The molecular weight excluding hydrogens is 386 g/mol. The molecule has 0 aromatic heterocycles. The van der Waals surface area contributed by atoms with Crippen molar-refractivity contribution in [2.45, 2.75) is 12.3 Å². The van der Waals surface area contributed by atoms with Gasteiger partial charge in [0.2, 0.25) is 5.91 Å². The van der Waals surface area contributed by atoms with Gasteiger partial charge in [-0.3, -0.25) is 18.7 Å². The van der Waals surface area contributed by atoms with Crippen molar-refractivity contribution in [3.8, 4) is 0 Å². The summed E-state index contributed by atoms with van der Waals surface area (Å²) in [4.78, 5) is 28.9. The van der Waals surface area contributed by atoms with Crippen molar-refractivity contribution in [3.63, 3.8) is 0 Å². The van der Waals surface area contributed by atoms with Crippen LogP contribution in [0.4, 0.5) is 0 Å². The van der Waals surface area contributed by atoms with E-state index in [9.17, 15) is 13.8 Å². The van der Waals surface area contributed by atoms with E-state index >= 15 is 0 Å². The molecule has 0 spiro atoms. The van der Waals surface area contributed by atoms with E-state index in [0.29, 0.717) is 50.6 Å². The van der Waals surface area contributed by atoms with Crippen LogP contribution in [0.5, 0.6) is 0 Å². The molecule has 0 saturated carbocycles. The molecule has 154 valence electrons. The van der Waals surface area contributed by atoms with E-state index < -0.39 is 10.8 Å². The van der Waals surface area contributed by atoms with E-state index in [-0.39, 0.29) is 11.8 Å². The van der Waals surface area contributed by atoms with Crippen molar-refractivity contribution in [3.05, 3.63) is 71.3 Å². The standard InChI is InChI=1S/C22H27N3O3S/c1-29(28)17-19-8-5-9-20(14-19)22(27)25-12-10-24(11-13-25)16-21(26)23-15-18-6-3-2-4-7-18/h2-9,14H,10-13,15-17H2,1H3,(H,23,26). The first-order valence-electron chi connectivity index (χ1n) is 9.72. The lowest BCUT2D eigenvalue weighted by atomic mass is 10.1. The number of carbonyl (C=O) groups excluding carboxylic acids is 2. The maximum atomic E-state index is 12.8. The summed E-state index contributed by atoms with van der Waals surface area (Å²) in [6, 6.07) is 17.2. The SMILES string of the molecule is CS(=O)Cc1cccc(C(=O)N2CCN(CC(=O)NCc3ccccc3)CC2)c1. The van der Waals surface area contributed by atoms with Gasteiger partial charge in [0, 0.05) is 61.1 Å². The molecule has 7 heteroatoms. The van der Waals surface area contributed by atoms with Crippen molar-refractivity contribution < 1.29 is 13.8 Å². The van der Waals surface area contributed by atoms with Gasteiger partial charge in [0.05, 0.1) is 6.54 Å². The Hall–Kier alpha value is -2.51. The molecule has 1 N–H and O–H groups in total. The first kappa shape index (κ1) is 21.2. The zero-order chi connectivity index (χ0) is 20.6. The van der Waals surface area contributed by atoms with Gasteiger partial charge < -0.3 is 10.2 Å². The van der Waals surface area contributed by atoms with Gasteiger partial charge in [0.15, 0.2) is 0 Å². The maximum Gasteiger partial charge on any atom is 0.253 e. The molecule has 3 rings (SSSR count). The van der Waals surface area contributed by atoms with E-state index in [2.05, 4.69) is 10.2 Å². The van der Waals surface area contributed by atoms with E-state index in [4.69, 9.17) is 0 Å². The third kappa shape index (κ3) is 6.51. The lowest BCUT2D eigenvalue weighted by molar-refractivity contribution is -0.122. The molecule has 0 bridgehead atoms. The fourth-order valence-electron chi connectivity index (χ4n) is 3.38. The van der Waals surface area contributed by atoms with Crippen molar-refractivity contribution in [2.24, 2.45) is 0 Å². The molecule has 1 heterocycles. The summed E-state index contributed by atoms with van der Waals surface area (Å²) >= 11 is 0. The number of nitrogens with one attached hydrogen (secondary N) is 1. The molecule has 1 aliphatic heterocycles. The summed E-state index contributed by atoms with van der Waals surface area (Å²) in [5.41, 5.74) is 2.61. The molecule has 1 fully saturated rings. The predicted octanol–water partition coefficient (Wildman–Crippen LogP) is 1.64. The largest absolute Gasteiger partial charge is 0.351 e. The average molecular weight is 414 g/mol. The first-order chi connectivity index (χ1) is 14.0. The number of amides is 2. The summed E-state index contributed by atoms with van der Waals surface area (Å²) in [7, 11) is -0.937. The molecule has 2 amide bonds. The molecule has 1 atom stereocenters. The number of carbonyl (C=O) groups is 2. The van der Waals surface area contributed by atoms with Gasteiger partial charge in [0.25, 0.3) is 5.91 Å². The van der Waals surface area contributed by atoms with E-state index in [1.165, 1.54) is 0 Å². The van der Waals surface area contributed by atoms with Crippen LogP contribution in [0.3, 0.4) is 0 Å². The topological polar surface area (TPSA) is 69.7 Å². The van der Waals surface area contributed by atoms with Crippen molar-refractivity contribution in [1.29, 1.82) is 0 Å². The van der Waals surface area contributed by atoms with Crippen LogP contribution in [-0.2, 0) is 27.9 Å². The Labute approximate surface area is 174 Å². The van der Waals surface area contributed by atoms with E-state index in [0.717, 1.165) is 11.1 Å². The second-order valence-corrected chi connectivity index (χ2v) is 8.68. The number of benzene rings is 2. The quantitative estimate of drug-likeness (QED) is 0.749. The first-order valence-corrected chi connectivity index (χ1v) is 11.5. The minimum absolute atomic E-state index is 0.00565. The van der Waals surface area contributed by atoms with E-state index in [1.54, 1.807) is 12.3 Å². The minimum Gasteiger partial charge on any atom is -0.351 e. The Morgan fingerprint density at radius 1 is 0.966 bits per heavy atom. The molecule has 1 aliphatic rings. The maximum absolute atomic E-state index is 12.8. The Morgan fingerprint density at radius 2 is 1.66 bits per heavy atom. The predicted molar refractivity (Wildman–Crippen MR) is 115 cm³/mol. The monoisotopic (exact) mass is 413 g/mol. The van der Waals surface area contributed by atoms with Crippen LogP contribution in [-0.4, -0.2) is 64.8 Å². The summed E-state index contributed by atoms with van der Waals surface area (Å²) in [5, 5.41) is 2.94. The van der Waals surface area contributed by atoms with Crippen LogP contribution in [0, 0.1) is 0 Å². The molecule has 2 aromatic rings. The van der Waals surface area contributed by atoms with Crippen LogP contribution in [0.1, 0.15) is 21.5 Å². The molecule has 6 nitrogen and oxygen atoms in total. The van der Waals surface area contributed by atoms with Gasteiger partial charge in [-0.05, 0) is 23.3 Å². The molecule has 0 radical (unpaired) electrons. The lowest BCUT2D eigenvalue weighted by Crippen LogP contribution is -2.51. The van der Waals surface area contributed by atoms with Gasteiger partial charge >= 0.3 is 0 Å². The second kappa shape index (κ2) is 10.3. The minimum atomic E-state index is -0.937. The fourth-order valence-corrected chi connectivity index (χ4v) is 4.02. The van der Waals surface area contributed by atoms with Gasteiger partial charge in [-0.25, -0.2) is 0 Å². The lowest BCUT2D eigenvalue weighted by Gasteiger charge is -2.34. The highest BCUT2D eigenvalue weighted by molar-refractivity contribution is 7.83. The Balaban J connectivity index is 1.45. The molecule has 29 heavy (non-hydrogen) atoms. The molecule has 1 unspecified atom stereocenters. The second-order valence-electron chi connectivity index (χ2n) is 7.25. The summed E-state index contributed by atoms with van der Waals surface area (Å²) in [6.07, 6.45) is 1.66. The Bertz CT molecular complexity index is 865. The van der Waals surface area contributed by atoms with Crippen LogP contribution in [0.2, 0.25) is 0 Å². The molecule has 1 saturated heterocycles. The van der Waals surface area contributed by atoms with Crippen molar-refractivity contribution in [1.82, 2.24) is 15.1 Å². The van der Waals surface area contributed by atoms with Gasteiger partial charge in [0.1, 0.15) is 0 Å².